The molecule has 18 heavy (non-hydrogen) atoms. The van der Waals surface area contributed by atoms with Crippen LogP contribution in [-0.2, 0) is 0 Å². The predicted molar refractivity (Wildman–Crippen MR) is 73.6 cm³/mol. The summed E-state index contributed by atoms with van der Waals surface area (Å²) >= 11 is 0. The maximum Gasteiger partial charge on any atom is 0.320 e. The number of hydrogen-bond acceptors (Lipinski definition) is 2. The smallest absolute Gasteiger partial charge is 0.320 e. The van der Waals surface area contributed by atoms with Gasteiger partial charge in [0.1, 0.15) is 0 Å². The highest BCUT2D eigenvalue weighted by atomic mass is 16.2. The van der Waals surface area contributed by atoms with E-state index in [4.69, 9.17) is 0 Å². The maximum absolute atomic E-state index is 12.5. The summed E-state index contributed by atoms with van der Waals surface area (Å²) in [5, 5.41) is 3.39. The lowest BCUT2D eigenvalue weighted by Gasteiger charge is -2.35. The first-order valence-electron chi connectivity index (χ1n) is 7.44. The molecule has 2 aliphatic heterocycles. The summed E-state index contributed by atoms with van der Waals surface area (Å²) in [5.41, 5.74) is 0. The Balaban J connectivity index is 1.91. The fourth-order valence-corrected chi connectivity index (χ4v) is 2.94. The predicted octanol–water partition coefficient (Wildman–Crippen LogP) is 1.91. The Kier molecular flexibility index (Phi) is 4.87. The zero-order valence-electron chi connectivity index (χ0n) is 11.8. The van der Waals surface area contributed by atoms with Gasteiger partial charge in [-0.1, -0.05) is 0 Å². The van der Waals surface area contributed by atoms with E-state index < -0.39 is 0 Å². The number of likely N-dealkylation sites (tertiary alicyclic amines) is 1. The molecule has 0 unspecified atom stereocenters. The number of hydrogen-bond donors (Lipinski definition) is 1. The van der Waals surface area contributed by atoms with Crippen LogP contribution in [0.15, 0.2) is 0 Å². The first-order valence-corrected chi connectivity index (χ1v) is 7.44. The van der Waals surface area contributed by atoms with Gasteiger partial charge in [-0.3, -0.25) is 0 Å². The largest absolute Gasteiger partial charge is 0.325 e. The lowest BCUT2D eigenvalue weighted by atomic mass is 9.97. The van der Waals surface area contributed by atoms with Crippen LogP contribution in [0.3, 0.4) is 0 Å². The van der Waals surface area contributed by atoms with Gasteiger partial charge in [0.2, 0.25) is 0 Å². The minimum Gasteiger partial charge on any atom is -0.325 e. The fourth-order valence-electron chi connectivity index (χ4n) is 2.94. The molecule has 0 aliphatic carbocycles. The molecule has 104 valence electrons. The van der Waals surface area contributed by atoms with Crippen molar-refractivity contribution in [2.75, 3.05) is 32.7 Å². The molecule has 2 fully saturated rings. The normalized spacial score (nSPS) is 21.6. The second-order valence-corrected chi connectivity index (χ2v) is 5.92. The Morgan fingerprint density at radius 3 is 2.44 bits per heavy atom. The standard InChI is InChI=1S/C14H27N3O/c1-12(2)17(11-13-5-7-15-8-6-13)14(18)16-9-3-4-10-16/h12-13,15H,3-11H2,1-2H3. The van der Waals surface area contributed by atoms with Gasteiger partial charge in [0.15, 0.2) is 0 Å². The van der Waals surface area contributed by atoms with Gasteiger partial charge in [0.05, 0.1) is 0 Å². The second-order valence-electron chi connectivity index (χ2n) is 5.92. The molecule has 0 atom stereocenters. The highest BCUT2D eigenvalue weighted by Gasteiger charge is 2.27. The Hall–Kier alpha value is -0.770. The molecule has 1 N–H and O–H groups in total. The third-order valence-electron chi connectivity index (χ3n) is 4.16. The number of rotatable bonds is 3. The molecule has 0 spiro atoms. The van der Waals surface area contributed by atoms with Crippen LogP contribution in [0.1, 0.15) is 39.5 Å². The van der Waals surface area contributed by atoms with Crippen molar-refractivity contribution in [1.82, 2.24) is 15.1 Å². The van der Waals surface area contributed by atoms with Crippen molar-refractivity contribution in [2.45, 2.75) is 45.6 Å². The molecule has 0 saturated carbocycles. The topological polar surface area (TPSA) is 35.6 Å². The molecule has 4 heteroatoms. The van der Waals surface area contributed by atoms with Gasteiger partial charge in [0, 0.05) is 25.7 Å². The van der Waals surface area contributed by atoms with E-state index in [9.17, 15) is 4.79 Å². The highest BCUT2D eigenvalue weighted by Crippen LogP contribution is 2.18. The Bertz CT molecular complexity index is 268. The number of carbonyl (C=O) groups is 1. The average molecular weight is 253 g/mol. The number of nitrogens with zero attached hydrogens (tertiary/aromatic N) is 2. The quantitative estimate of drug-likeness (QED) is 0.834. The van der Waals surface area contributed by atoms with Gasteiger partial charge in [0.25, 0.3) is 0 Å². The van der Waals surface area contributed by atoms with Gasteiger partial charge >= 0.3 is 6.03 Å². The lowest BCUT2D eigenvalue weighted by Crippen LogP contribution is -2.48. The van der Waals surface area contributed by atoms with Crippen LogP contribution < -0.4 is 5.32 Å². The van der Waals surface area contributed by atoms with Crippen LogP contribution in [-0.4, -0.2) is 54.6 Å². The van der Waals surface area contributed by atoms with E-state index in [0.29, 0.717) is 12.0 Å². The number of piperidine rings is 1. The van der Waals surface area contributed by atoms with Gasteiger partial charge < -0.3 is 15.1 Å². The summed E-state index contributed by atoms with van der Waals surface area (Å²) in [7, 11) is 0. The van der Waals surface area contributed by atoms with Crippen LogP contribution in [0.5, 0.6) is 0 Å². The van der Waals surface area contributed by atoms with Crippen molar-refractivity contribution in [3.63, 3.8) is 0 Å². The molecule has 0 bridgehead atoms. The van der Waals surface area contributed by atoms with Crippen molar-refractivity contribution in [2.24, 2.45) is 5.92 Å². The summed E-state index contributed by atoms with van der Waals surface area (Å²) < 4.78 is 0. The molecule has 0 aromatic carbocycles. The van der Waals surface area contributed by atoms with Crippen molar-refractivity contribution in [1.29, 1.82) is 0 Å². The van der Waals surface area contributed by atoms with Crippen LogP contribution in [0.4, 0.5) is 4.79 Å². The molecule has 2 saturated heterocycles. The lowest BCUT2D eigenvalue weighted by molar-refractivity contribution is 0.133. The maximum atomic E-state index is 12.5. The summed E-state index contributed by atoms with van der Waals surface area (Å²) in [6, 6.07) is 0.578. The minimum absolute atomic E-state index is 0.265. The monoisotopic (exact) mass is 253 g/mol. The van der Waals surface area contributed by atoms with Crippen molar-refractivity contribution in [3.8, 4) is 0 Å². The molecule has 4 nitrogen and oxygen atoms in total. The summed E-state index contributed by atoms with van der Waals surface area (Å²) in [6.45, 7) is 9.32. The summed E-state index contributed by atoms with van der Waals surface area (Å²) in [6.07, 6.45) is 4.75. The molecular formula is C14H27N3O. The van der Waals surface area contributed by atoms with E-state index in [1.807, 2.05) is 4.90 Å². The number of urea groups is 1. The van der Waals surface area contributed by atoms with E-state index in [2.05, 4.69) is 24.1 Å². The molecule has 0 aromatic heterocycles. The Labute approximate surface area is 111 Å². The third-order valence-corrected chi connectivity index (χ3v) is 4.16. The SMILES string of the molecule is CC(C)N(CC1CCNCC1)C(=O)N1CCCC1. The zero-order valence-corrected chi connectivity index (χ0v) is 11.8. The zero-order chi connectivity index (χ0) is 13.0. The van der Waals surface area contributed by atoms with Crippen LogP contribution in [0, 0.1) is 5.92 Å². The van der Waals surface area contributed by atoms with Crippen molar-refractivity contribution < 1.29 is 4.79 Å². The Morgan fingerprint density at radius 1 is 1.28 bits per heavy atom. The molecule has 2 heterocycles. The fraction of sp³-hybridized carbons (Fsp3) is 0.929. The molecule has 0 radical (unpaired) electrons. The minimum atomic E-state index is 0.265. The third kappa shape index (κ3) is 3.37. The van der Waals surface area contributed by atoms with E-state index >= 15 is 0 Å². The van der Waals surface area contributed by atoms with E-state index in [1.54, 1.807) is 0 Å². The molecule has 2 amide bonds. The van der Waals surface area contributed by atoms with E-state index in [0.717, 1.165) is 32.7 Å². The van der Waals surface area contributed by atoms with E-state index in [-0.39, 0.29) is 6.03 Å². The molecule has 2 rings (SSSR count). The molecule has 0 aromatic rings. The van der Waals surface area contributed by atoms with Crippen molar-refractivity contribution >= 4 is 6.03 Å². The van der Waals surface area contributed by atoms with Gasteiger partial charge in [-0.15, -0.1) is 0 Å². The average Bonchev–Trinajstić information content (AvgIpc) is 2.90. The van der Waals surface area contributed by atoms with Gasteiger partial charge in [-0.25, -0.2) is 4.79 Å². The summed E-state index contributed by atoms with van der Waals surface area (Å²) in [4.78, 5) is 16.6. The molecular weight excluding hydrogens is 226 g/mol. The first-order chi connectivity index (χ1) is 8.68. The van der Waals surface area contributed by atoms with E-state index in [1.165, 1.54) is 25.7 Å². The number of amides is 2. The van der Waals surface area contributed by atoms with Crippen LogP contribution in [0.2, 0.25) is 0 Å². The highest BCUT2D eigenvalue weighted by molar-refractivity contribution is 5.75. The Morgan fingerprint density at radius 2 is 1.89 bits per heavy atom. The number of nitrogens with one attached hydrogen (secondary N) is 1. The second kappa shape index (κ2) is 6.41. The van der Waals surface area contributed by atoms with Crippen LogP contribution in [0.25, 0.3) is 0 Å². The molecule has 2 aliphatic rings. The van der Waals surface area contributed by atoms with Gasteiger partial charge in [-0.2, -0.15) is 0 Å². The first kappa shape index (κ1) is 13.7. The van der Waals surface area contributed by atoms with Crippen molar-refractivity contribution in [3.05, 3.63) is 0 Å². The summed E-state index contributed by atoms with van der Waals surface area (Å²) in [5.74, 6) is 0.681. The number of carbonyl (C=O) groups excluding carboxylic acids is 1. The van der Waals surface area contributed by atoms with Gasteiger partial charge in [-0.05, 0) is 58.5 Å². The van der Waals surface area contributed by atoms with Crippen LogP contribution >= 0.6 is 0 Å².